The molecule has 0 aliphatic carbocycles. The Morgan fingerprint density at radius 3 is 2.28 bits per heavy atom. The van der Waals surface area contributed by atoms with Crippen molar-refractivity contribution in [3.05, 3.63) is 71.5 Å². The molecule has 7 nitrogen and oxygen atoms in total. The second-order valence-electron chi connectivity index (χ2n) is 7.71. The lowest BCUT2D eigenvalue weighted by molar-refractivity contribution is -0.403. The molecule has 174 valence electrons. The smallest absolute Gasteiger partial charge is 0.480 e. The fourth-order valence-corrected chi connectivity index (χ4v) is 3.25. The van der Waals surface area contributed by atoms with Crippen molar-refractivity contribution in [2.24, 2.45) is 5.92 Å². The molecule has 0 fully saturated rings. The lowest BCUT2D eigenvalue weighted by Gasteiger charge is -2.27. The van der Waals surface area contributed by atoms with Gasteiger partial charge in [0, 0.05) is 6.42 Å². The monoisotopic (exact) mass is 465 g/mol. The van der Waals surface area contributed by atoms with E-state index in [1.54, 1.807) is 42.5 Å². The number of hydrogen-bond donors (Lipinski definition) is 5. The molecular formula is C22H30BClFN3O4. The average molecular weight is 466 g/mol. The summed E-state index contributed by atoms with van der Waals surface area (Å²) >= 11 is 0. The van der Waals surface area contributed by atoms with Crippen LogP contribution in [0.5, 0.6) is 0 Å². The molecule has 0 aliphatic rings. The molecule has 32 heavy (non-hydrogen) atoms. The fraction of sp³-hybridized carbons (Fsp3) is 0.364. The zero-order chi connectivity index (χ0) is 23.0. The maximum Gasteiger partial charge on any atom is 0.480 e. The summed E-state index contributed by atoms with van der Waals surface area (Å²) in [7, 11) is -1.81. The quantitative estimate of drug-likeness (QED) is 0.246. The van der Waals surface area contributed by atoms with Crippen LogP contribution in [-0.4, -0.2) is 41.1 Å². The third-order valence-corrected chi connectivity index (χ3v) is 5.29. The summed E-state index contributed by atoms with van der Waals surface area (Å²) in [5.74, 6) is -2.61. The van der Waals surface area contributed by atoms with E-state index in [1.807, 2.05) is 13.8 Å². The second kappa shape index (κ2) is 13.2. The molecule has 2 aromatic rings. The Balaban J connectivity index is 0.00000512. The average Bonchev–Trinajstić information content (AvgIpc) is 2.75. The van der Waals surface area contributed by atoms with Crippen molar-refractivity contribution in [2.75, 3.05) is 0 Å². The summed E-state index contributed by atoms with van der Waals surface area (Å²) in [6.45, 7) is 3.71. The van der Waals surface area contributed by atoms with Crippen molar-refractivity contribution in [3.63, 3.8) is 0 Å². The van der Waals surface area contributed by atoms with Crippen LogP contribution in [0.2, 0.25) is 0 Å². The van der Waals surface area contributed by atoms with Crippen molar-refractivity contribution in [2.45, 2.75) is 44.7 Å². The number of benzene rings is 2. The molecule has 0 aliphatic heterocycles. The van der Waals surface area contributed by atoms with Gasteiger partial charge in [-0.15, -0.1) is 0 Å². The summed E-state index contributed by atoms with van der Waals surface area (Å²) < 4.78 is 13.4. The van der Waals surface area contributed by atoms with Crippen LogP contribution in [0.4, 0.5) is 4.39 Å². The van der Waals surface area contributed by atoms with Crippen molar-refractivity contribution in [1.29, 1.82) is 0 Å². The summed E-state index contributed by atoms with van der Waals surface area (Å²) in [5.41, 5.74) is 5.01. The number of carbonyl (C=O) groups excluding carboxylic acids is 2. The molecule has 2 aromatic carbocycles. The van der Waals surface area contributed by atoms with Gasteiger partial charge in [-0.3, -0.25) is 9.59 Å². The number of nitrogens with one attached hydrogen (secondary N) is 2. The predicted molar refractivity (Wildman–Crippen MR) is 116 cm³/mol. The second-order valence-corrected chi connectivity index (χ2v) is 7.71. The zero-order valence-corrected chi connectivity index (χ0v) is 18.9. The first-order chi connectivity index (χ1) is 14.7. The minimum atomic E-state index is -1.81. The van der Waals surface area contributed by atoms with E-state index >= 15 is 0 Å². The molecule has 0 heterocycles. The van der Waals surface area contributed by atoms with Gasteiger partial charge in [-0.25, -0.2) is 4.39 Å². The summed E-state index contributed by atoms with van der Waals surface area (Å²) in [6.07, 6.45) is 0.836. The van der Waals surface area contributed by atoms with Gasteiger partial charge in [-0.05, 0) is 29.2 Å². The van der Waals surface area contributed by atoms with Crippen molar-refractivity contribution >= 4 is 18.9 Å². The van der Waals surface area contributed by atoms with Crippen molar-refractivity contribution in [1.82, 2.24) is 10.6 Å². The molecule has 0 aromatic heterocycles. The Morgan fingerprint density at radius 2 is 1.72 bits per heavy atom. The number of rotatable bonds is 10. The van der Waals surface area contributed by atoms with Gasteiger partial charge < -0.3 is 38.8 Å². The third kappa shape index (κ3) is 7.91. The maximum absolute atomic E-state index is 13.4. The van der Waals surface area contributed by atoms with Gasteiger partial charge in [-0.1, -0.05) is 62.7 Å². The molecule has 0 bridgehead atoms. The molecule has 2 amide bonds. The van der Waals surface area contributed by atoms with Crippen LogP contribution in [-0.2, 0) is 16.0 Å². The minimum absolute atomic E-state index is 0. The lowest BCUT2D eigenvalue weighted by atomic mass is 9.75. The highest BCUT2D eigenvalue weighted by Crippen LogP contribution is 2.16. The molecule has 0 saturated heterocycles. The number of quaternary nitrogens is 1. The number of amides is 2. The molecule has 4 atom stereocenters. The number of carbonyl (C=O) groups is 2. The Bertz CT molecular complexity index is 875. The first-order valence-corrected chi connectivity index (χ1v) is 10.3. The Kier molecular flexibility index (Phi) is 11.4. The van der Waals surface area contributed by atoms with E-state index in [-0.39, 0.29) is 24.7 Å². The van der Waals surface area contributed by atoms with Gasteiger partial charge in [0.05, 0.1) is 5.94 Å². The Labute approximate surface area is 194 Å². The van der Waals surface area contributed by atoms with Crippen molar-refractivity contribution < 1.29 is 42.2 Å². The van der Waals surface area contributed by atoms with Crippen LogP contribution in [0.1, 0.15) is 37.3 Å². The van der Waals surface area contributed by atoms with Crippen LogP contribution in [0.3, 0.4) is 0 Å². The Morgan fingerprint density at radius 1 is 1.06 bits per heavy atom. The highest BCUT2D eigenvalue weighted by molar-refractivity contribution is 6.43. The molecule has 2 rings (SSSR count). The van der Waals surface area contributed by atoms with Gasteiger partial charge in [0.15, 0.2) is 6.04 Å². The van der Waals surface area contributed by atoms with Crippen molar-refractivity contribution in [3.8, 4) is 0 Å². The Hall–Kier alpha value is -2.46. The molecule has 10 heteroatoms. The van der Waals surface area contributed by atoms with Gasteiger partial charge >= 0.3 is 7.12 Å². The summed E-state index contributed by atoms with van der Waals surface area (Å²) in [4.78, 5) is 25.7. The van der Waals surface area contributed by atoms with Crippen LogP contribution < -0.4 is 28.8 Å². The largest absolute Gasteiger partial charge is 1.00 e. The summed E-state index contributed by atoms with van der Waals surface area (Å²) in [6, 6.07) is 12.9. The lowest BCUT2D eigenvalue weighted by Crippen LogP contribution is -3.00. The van der Waals surface area contributed by atoms with E-state index in [0.717, 1.165) is 0 Å². The van der Waals surface area contributed by atoms with E-state index < -0.39 is 42.8 Å². The standard InChI is InChI=1S/C22H29BFN3O4.ClH/c1-3-14(2)19(22(29)27-20(23(30)31)16-9-5-4-6-10-16)26-21(28)18(25)13-15-8-7-11-17(24)12-15;/h4-12,14,18-20,30-31H,3,13,25H2,1-2H3,(H,26,28)(H,27,29);1H/t14?,18-,19+,20+;/m1./s1. The van der Waals surface area contributed by atoms with Crippen LogP contribution in [0, 0.1) is 11.7 Å². The zero-order valence-electron chi connectivity index (χ0n) is 18.2. The van der Waals surface area contributed by atoms with Crippen LogP contribution in [0.25, 0.3) is 0 Å². The molecule has 0 radical (unpaired) electrons. The first-order valence-electron chi connectivity index (χ1n) is 10.3. The highest BCUT2D eigenvalue weighted by atomic mass is 35.5. The predicted octanol–water partition coefficient (Wildman–Crippen LogP) is -2.62. The van der Waals surface area contributed by atoms with E-state index in [0.29, 0.717) is 17.5 Å². The van der Waals surface area contributed by atoms with Crippen LogP contribution in [0.15, 0.2) is 54.6 Å². The first kappa shape index (κ1) is 27.6. The molecule has 1 unspecified atom stereocenters. The third-order valence-electron chi connectivity index (χ3n) is 5.29. The van der Waals surface area contributed by atoms with E-state index in [1.165, 1.54) is 12.1 Å². The molecule has 0 spiro atoms. The maximum atomic E-state index is 13.4. The fourth-order valence-electron chi connectivity index (χ4n) is 3.25. The number of hydrogen-bond acceptors (Lipinski definition) is 4. The van der Waals surface area contributed by atoms with E-state index in [9.17, 15) is 24.0 Å². The summed E-state index contributed by atoms with van der Waals surface area (Å²) in [5, 5.41) is 24.9. The van der Waals surface area contributed by atoms with E-state index in [2.05, 4.69) is 16.4 Å². The van der Waals surface area contributed by atoms with Gasteiger partial charge in [0.2, 0.25) is 5.91 Å². The normalized spacial score (nSPS) is 14.3. The van der Waals surface area contributed by atoms with Gasteiger partial charge in [0.1, 0.15) is 11.9 Å². The van der Waals surface area contributed by atoms with Crippen LogP contribution >= 0.6 is 0 Å². The van der Waals surface area contributed by atoms with E-state index in [4.69, 9.17) is 0 Å². The molecule has 0 saturated carbocycles. The van der Waals surface area contributed by atoms with Gasteiger partial charge in [-0.2, -0.15) is 0 Å². The molecule has 7 N–H and O–H groups in total. The SMILES string of the molecule is CCC(C)[C@H](NC(=O)[C@H]([NH3+])Cc1cccc(F)c1)C(=O)N[C@H](B(O)O)c1ccccc1.[Cl-]. The van der Waals surface area contributed by atoms with Gasteiger partial charge in [0.25, 0.3) is 5.91 Å². The topological polar surface area (TPSA) is 126 Å². The highest BCUT2D eigenvalue weighted by Gasteiger charge is 2.33. The molecular weight excluding hydrogens is 436 g/mol. The minimum Gasteiger partial charge on any atom is -1.00 e. The number of halogens is 2.